The molecule has 1 atom stereocenters. The number of aromatic nitrogens is 2. The average molecular weight is 407 g/mol. The van der Waals surface area contributed by atoms with E-state index in [4.69, 9.17) is 4.74 Å². The molecule has 3 heterocycles. The lowest BCUT2D eigenvalue weighted by Crippen LogP contribution is -2.30. The number of ether oxygens (including phenoxy) is 1. The maximum atomic E-state index is 13.3. The van der Waals surface area contributed by atoms with Gasteiger partial charge in [0, 0.05) is 25.0 Å². The van der Waals surface area contributed by atoms with E-state index >= 15 is 0 Å². The maximum absolute atomic E-state index is 13.3. The summed E-state index contributed by atoms with van der Waals surface area (Å²) in [6.07, 6.45) is 5.61. The minimum Gasteiger partial charge on any atom is -0.451 e. The highest BCUT2D eigenvalue weighted by atomic mass is 79.9. The summed E-state index contributed by atoms with van der Waals surface area (Å²) in [4.78, 5) is 13.2. The standard InChI is InChI=1S/C18H20BrFN4O/c1-23-6-4-18(10-23)5-7-24(11-18)17-16(9-21-12-22-17)25-15-3-2-13(20)8-14(15)19/h2-3,8-9,12H,4-7,10-11H2,1H3. The van der Waals surface area contributed by atoms with E-state index in [1.54, 1.807) is 18.6 Å². The molecule has 4 rings (SSSR count). The summed E-state index contributed by atoms with van der Waals surface area (Å²) < 4.78 is 19.8. The zero-order chi connectivity index (χ0) is 17.4. The normalized spacial score (nSPS) is 23.6. The molecule has 2 fully saturated rings. The van der Waals surface area contributed by atoms with Crippen molar-refractivity contribution in [2.45, 2.75) is 12.8 Å². The van der Waals surface area contributed by atoms with E-state index in [1.165, 1.54) is 25.0 Å². The van der Waals surface area contributed by atoms with Gasteiger partial charge in [-0.3, -0.25) is 0 Å². The van der Waals surface area contributed by atoms with Gasteiger partial charge in [0.1, 0.15) is 17.9 Å². The molecule has 25 heavy (non-hydrogen) atoms. The quantitative estimate of drug-likeness (QED) is 0.776. The summed E-state index contributed by atoms with van der Waals surface area (Å²) in [5, 5.41) is 0. The maximum Gasteiger partial charge on any atom is 0.188 e. The number of hydrogen-bond acceptors (Lipinski definition) is 5. The Hall–Kier alpha value is -1.73. The predicted molar refractivity (Wildman–Crippen MR) is 97.6 cm³/mol. The van der Waals surface area contributed by atoms with Gasteiger partial charge in [-0.25, -0.2) is 14.4 Å². The number of likely N-dealkylation sites (tertiary alicyclic amines) is 1. The Morgan fingerprint density at radius 2 is 2.04 bits per heavy atom. The van der Waals surface area contributed by atoms with Crippen molar-refractivity contribution in [2.24, 2.45) is 5.41 Å². The first-order valence-electron chi connectivity index (χ1n) is 8.41. The Bertz CT molecular complexity index is 789. The van der Waals surface area contributed by atoms with Gasteiger partial charge >= 0.3 is 0 Å². The van der Waals surface area contributed by atoms with Gasteiger partial charge in [-0.2, -0.15) is 0 Å². The Labute approximate surface area is 155 Å². The highest BCUT2D eigenvalue weighted by molar-refractivity contribution is 9.10. The second kappa shape index (κ2) is 6.53. The van der Waals surface area contributed by atoms with Gasteiger partial charge in [-0.15, -0.1) is 0 Å². The summed E-state index contributed by atoms with van der Waals surface area (Å²) in [5.41, 5.74) is 0.355. The molecule has 0 amide bonds. The molecule has 0 N–H and O–H groups in total. The van der Waals surface area contributed by atoms with Gasteiger partial charge in [0.05, 0.1) is 10.7 Å². The molecule has 7 heteroatoms. The summed E-state index contributed by atoms with van der Waals surface area (Å²) in [7, 11) is 2.18. The first-order chi connectivity index (χ1) is 12.0. The second-order valence-electron chi connectivity index (χ2n) is 7.05. The molecule has 2 aliphatic rings. The summed E-state index contributed by atoms with van der Waals surface area (Å²) in [6.45, 7) is 4.24. The summed E-state index contributed by atoms with van der Waals surface area (Å²) in [6, 6.07) is 4.37. The van der Waals surface area contributed by atoms with Crippen molar-refractivity contribution < 1.29 is 9.13 Å². The lowest BCUT2D eigenvalue weighted by Gasteiger charge is -2.25. The molecule has 0 bridgehead atoms. The molecule has 132 valence electrons. The average Bonchev–Trinajstić information content (AvgIpc) is 3.17. The monoisotopic (exact) mass is 406 g/mol. The molecule has 0 saturated carbocycles. The van der Waals surface area contributed by atoms with Crippen LogP contribution in [0.3, 0.4) is 0 Å². The van der Waals surface area contributed by atoms with Crippen molar-refractivity contribution in [1.82, 2.24) is 14.9 Å². The van der Waals surface area contributed by atoms with Crippen LogP contribution >= 0.6 is 15.9 Å². The third kappa shape index (κ3) is 3.35. The van der Waals surface area contributed by atoms with E-state index in [-0.39, 0.29) is 5.82 Å². The number of anilines is 1. The van der Waals surface area contributed by atoms with E-state index in [9.17, 15) is 4.39 Å². The van der Waals surface area contributed by atoms with Crippen LogP contribution in [0.4, 0.5) is 10.2 Å². The lowest BCUT2D eigenvalue weighted by atomic mass is 9.86. The van der Waals surface area contributed by atoms with Crippen LogP contribution in [0.25, 0.3) is 0 Å². The SMILES string of the molecule is CN1CCC2(CCN(c3ncncc3Oc3ccc(F)cc3Br)C2)C1. The van der Waals surface area contributed by atoms with E-state index < -0.39 is 0 Å². The molecule has 2 saturated heterocycles. The van der Waals surface area contributed by atoms with Crippen LogP contribution in [0.5, 0.6) is 11.5 Å². The first-order valence-corrected chi connectivity index (χ1v) is 9.20. The van der Waals surface area contributed by atoms with Gasteiger partial charge < -0.3 is 14.5 Å². The molecule has 0 radical (unpaired) electrons. The van der Waals surface area contributed by atoms with Crippen molar-refractivity contribution in [3.05, 3.63) is 41.0 Å². The van der Waals surface area contributed by atoms with Crippen molar-refractivity contribution in [3.63, 3.8) is 0 Å². The third-order valence-corrected chi connectivity index (χ3v) is 5.76. The molecule has 1 unspecified atom stereocenters. The topological polar surface area (TPSA) is 41.5 Å². The van der Waals surface area contributed by atoms with Crippen LogP contribution < -0.4 is 9.64 Å². The van der Waals surface area contributed by atoms with E-state index in [0.29, 0.717) is 21.4 Å². The van der Waals surface area contributed by atoms with Crippen LogP contribution in [0.1, 0.15) is 12.8 Å². The molecular formula is C18H20BrFN4O. The molecule has 1 aromatic heterocycles. The van der Waals surface area contributed by atoms with Crippen molar-refractivity contribution in [3.8, 4) is 11.5 Å². The largest absolute Gasteiger partial charge is 0.451 e. The highest BCUT2D eigenvalue weighted by Crippen LogP contribution is 2.42. The Balaban J connectivity index is 1.57. The first kappa shape index (κ1) is 16.7. The molecule has 2 aliphatic heterocycles. The van der Waals surface area contributed by atoms with Gasteiger partial charge in [-0.1, -0.05) is 0 Å². The minimum atomic E-state index is -0.310. The Kier molecular flexibility index (Phi) is 4.37. The lowest BCUT2D eigenvalue weighted by molar-refractivity contribution is 0.311. The van der Waals surface area contributed by atoms with Gasteiger partial charge in [0.25, 0.3) is 0 Å². The minimum absolute atomic E-state index is 0.310. The number of benzene rings is 1. The Morgan fingerprint density at radius 3 is 2.80 bits per heavy atom. The fourth-order valence-electron chi connectivity index (χ4n) is 3.90. The molecule has 0 aliphatic carbocycles. The van der Waals surface area contributed by atoms with Crippen LogP contribution in [0, 0.1) is 11.2 Å². The van der Waals surface area contributed by atoms with Crippen molar-refractivity contribution in [1.29, 1.82) is 0 Å². The van der Waals surface area contributed by atoms with Gasteiger partial charge in [0.2, 0.25) is 0 Å². The molecule has 2 aromatic rings. The van der Waals surface area contributed by atoms with E-state index in [0.717, 1.165) is 32.0 Å². The third-order valence-electron chi connectivity index (χ3n) is 5.14. The van der Waals surface area contributed by atoms with Gasteiger partial charge in [-0.05, 0) is 60.6 Å². The second-order valence-corrected chi connectivity index (χ2v) is 7.90. The van der Waals surface area contributed by atoms with Crippen LogP contribution in [-0.2, 0) is 0 Å². The molecule has 1 spiro atoms. The van der Waals surface area contributed by atoms with Crippen LogP contribution in [0.2, 0.25) is 0 Å². The van der Waals surface area contributed by atoms with Crippen LogP contribution in [-0.4, -0.2) is 48.1 Å². The number of nitrogens with zero attached hydrogens (tertiary/aromatic N) is 4. The zero-order valence-electron chi connectivity index (χ0n) is 14.1. The number of hydrogen-bond donors (Lipinski definition) is 0. The Morgan fingerprint density at radius 1 is 1.20 bits per heavy atom. The molecule has 1 aromatic carbocycles. The molecular weight excluding hydrogens is 387 g/mol. The van der Waals surface area contributed by atoms with Gasteiger partial charge in [0.15, 0.2) is 11.6 Å². The van der Waals surface area contributed by atoms with Crippen molar-refractivity contribution >= 4 is 21.7 Å². The summed E-state index contributed by atoms with van der Waals surface area (Å²) in [5.74, 6) is 1.64. The smallest absolute Gasteiger partial charge is 0.188 e. The van der Waals surface area contributed by atoms with Crippen LogP contribution in [0.15, 0.2) is 35.2 Å². The summed E-state index contributed by atoms with van der Waals surface area (Å²) >= 11 is 3.34. The zero-order valence-corrected chi connectivity index (χ0v) is 15.7. The number of halogens is 2. The molecule has 5 nitrogen and oxygen atoms in total. The van der Waals surface area contributed by atoms with Crippen molar-refractivity contribution in [2.75, 3.05) is 38.1 Å². The fraction of sp³-hybridized carbons (Fsp3) is 0.444. The van der Waals surface area contributed by atoms with E-state index in [2.05, 4.69) is 42.7 Å². The van der Waals surface area contributed by atoms with E-state index in [1.807, 2.05) is 0 Å². The predicted octanol–water partition coefficient (Wildman–Crippen LogP) is 3.70. The highest BCUT2D eigenvalue weighted by Gasteiger charge is 2.43. The fourth-order valence-corrected chi connectivity index (χ4v) is 4.34. The number of rotatable bonds is 3.